The zero-order valence-electron chi connectivity index (χ0n) is 8.75. The van der Waals surface area contributed by atoms with Crippen LogP contribution in [0.3, 0.4) is 0 Å². The Morgan fingerprint density at radius 1 is 1.22 bits per heavy atom. The topological polar surface area (TPSA) is 90.2 Å². The number of rotatable bonds is 1. The summed E-state index contributed by atoms with van der Waals surface area (Å²) in [6.45, 7) is 0. The van der Waals surface area contributed by atoms with E-state index in [0.29, 0.717) is 0 Å². The lowest BCUT2D eigenvalue weighted by Gasteiger charge is -2.11. The number of hydrogen-bond acceptors (Lipinski definition) is 6. The Morgan fingerprint density at radius 3 is 2.72 bits per heavy atom. The second kappa shape index (κ2) is 3.54. The molecule has 0 amide bonds. The van der Waals surface area contributed by atoms with Gasteiger partial charge < -0.3 is 0 Å². The second-order valence-corrected chi connectivity index (χ2v) is 4.67. The molecule has 3 rings (SSSR count). The molecular formula is C11H4N2O4S. The van der Waals surface area contributed by atoms with E-state index in [9.17, 15) is 19.7 Å². The molecule has 0 saturated heterocycles. The standard InChI is InChI=1S/C11H4N2O4S/c14-9-6-4-7(13(16)17)18-11(6)10(15)5-2-1-3-12-8(5)9/h1-4H. The average Bonchev–Trinajstić information content (AvgIpc) is 2.81. The number of thiophene rings is 1. The number of aromatic nitrogens is 1. The van der Waals surface area contributed by atoms with E-state index in [2.05, 4.69) is 4.98 Å². The highest BCUT2D eigenvalue weighted by Crippen LogP contribution is 2.35. The van der Waals surface area contributed by atoms with Crippen molar-refractivity contribution in [1.82, 2.24) is 4.98 Å². The molecule has 0 atom stereocenters. The van der Waals surface area contributed by atoms with E-state index < -0.39 is 10.7 Å². The van der Waals surface area contributed by atoms with Gasteiger partial charge in [0.2, 0.25) is 11.6 Å². The molecule has 2 aromatic heterocycles. The van der Waals surface area contributed by atoms with Gasteiger partial charge in [-0.3, -0.25) is 24.7 Å². The summed E-state index contributed by atoms with van der Waals surface area (Å²) in [5.74, 6) is -0.824. The van der Waals surface area contributed by atoms with Crippen LogP contribution >= 0.6 is 11.3 Å². The van der Waals surface area contributed by atoms with Gasteiger partial charge in [-0.2, -0.15) is 0 Å². The van der Waals surface area contributed by atoms with Gasteiger partial charge in [0.15, 0.2) is 0 Å². The van der Waals surface area contributed by atoms with Crippen molar-refractivity contribution in [3.8, 4) is 0 Å². The van der Waals surface area contributed by atoms with Gasteiger partial charge in [-0.25, -0.2) is 0 Å². The van der Waals surface area contributed by atoms with Crippen molar-refractivity contribution in [3.05, 3.63) is 56.2 Å². The van der Waals surface area contributed by atoms with Gasteiger partial charge in [-0.1, -0.05) is 11.3 Å². The largest absolute Gasteiger partial charge is 0.325 e. The van der Waals surface area contributed by atoms with Crippen LogP contribution in [0.25, 0.3) is 0 Å². The van der Waals surface area contributed by atoms with Crippen molar-refractivity contribution in [2.45, 2.75) is 0 Å². The summed E-state index contributed by atoms with van der Waals surface area (Å²) >= 11 is 0.722. The van der Waals surface area contributed by atoms with E-state index in [-0.39, 0.29) is 32.5 Å². The number of carbonyl (C=O) groups is 2. The lowest BCUT2D eigenvalue weighted by molar-refractivity contribution is -0.380. The third-order valence-electron chi connectivity index (χ3n) is 2.62. The fourth-order valence-corrected chi connectivity index (χ4v) is 2.75. The molecule has 0 unspecified atom stereocenters. The van der Waals surface area contributed by atoms with Crippen LogP contribution in [0.5, 0.6) is 0 Å². The summed E-state index contributed by atoms with van der Waals surface area (Å²) in [6.07, 6.45) is 1.41. The summed E-state index contributed by atoms with van der Waals surface area (Å²) in [5.41, 5.74) is 0.331. The van der Waals surface area contributed by atoms with Gasteiger partial charge in [0.05, 0.1) is 20.9 Å². The Labute approximate surface area is 104 Å². The normalized spacial score (nSPS) is 13.1. The van der Waals surface area contributed by atoms with Crippen molar-refractivity contribution >= 4 is 27.9 Å². The minimum atomic E-state index is -0.609. The number of hydrogen-bond donors (Lipinski definition) is 0. The lowest BCUT2D eigenvalue weighted by atomic mass is 9.93. The number of nitro groups is 1. The second-order valence-electron chi connectivity index (χ2n) is 3.64. The van der Waals surface area contributed by atoms with Crippen LogP contribution in [-0.4, -0.2) is 21.5 Å². The third-order valence-corrected chi connectivity index (χ3v) is 3.70. The van der Waals surface area contributed by atoms with E-state index in [4.69, 9.17) is 0 Å². The SMILES string of the molecule is O=C1c2cc([N+](=O)[O-])sc2C(=O)c2cccnc21. The zero-order chi connectivity index (χ0) is 12.9. The Balaban J connectivity index is 2.27. The summed E-state index contributed by atoms with van der Waals surface area (Å²) in [4.78, 5) is 38.2. The van der Waals surface area contributed by atoms with Crippen molar-refractivity contribution in [2.75, 3.05) is 0 Å². The fraction of sp³-hybridized carbons (Fsp3) is 0. The van der Waals surface area contributed by atoms with Gasteiger partial charge in [0.1, 0.15) is 5.69 Å². The number of ketones is 2. The predicted octanol–water partition coefficient (Wildman–Crippen LogP) is 1.83. The van der Waals surface area contributed by atoms with Gasteiger partial charge in [-0.15, -0.1) is 0 Å². The average molecular weight is 260 g/mol. The molecular weight excluding hydrogens is 256 g/mol. The number of pyridine rings is 1. The molecule has 0 bridgehead atoms. The molecule has 2 aromatic rings. The Kier molecular flexibility index (Phi) is 2.11. The van der Waals surface area contributed by atoms with Gasteiger partial charge >= 0.3 is 5.00 Å². The minimum absolute atomic E-state index is 0.0581. The highest BCUT2D eigenvalue weighted by Gasteiger charge is 2.35. The highest BCUT2D eigenvalue weighted by molar-refractivity contribution is 7.17. The zero-order valence-corrected chi connectivity index (χ0v) is 9.56. The van der Waals surface area contributed by atoms with E-state index in [1.807, 2.05) is 0 Å². The minimum Gasteiger partial charge on any atom is -0.288 e. The van der Waals surface area contributed by atoms with E-state index in [0.717, 1.165) is 17.4 Å². The predicted molar refractivity (Wildman–Crippen MR) is 62.1 cm³/mol. The molecule has 18 heavy (non-hydrogen) atoms. The maximum atomic E-state index is 12.1. The first kappa shape index (κ1) is 10.7. The van der Waals surface area contributed by atoms with Crippen LogP contribution in [0, 0.1) is 10.1 Å². The fourth-order valence-electron chi connectivity index (χ4n) is 1.82. The maximum absolute atomic E-state index is 12.1. The van der Waals surface area contributed by atoms with Crippen molar-refractivity contribution in [3.63, 3.8) is 0 Å². The summed E-state index contributed by atoms with van der Waals surface area (Å²) in [5, 5.41) is 10.5. The number of nitrogens with zero attached hydrogens (tertiary/aromatic N) is 2. The van der Waals surface area contributed by atoms with Crippen LogP contribution in [0.1, 0.15) is 31.3 Å². The van der Waals surface area contributed by atoms with Crippen LogP contribution < -0.4 is 0 Å². The first-order valence-corrected chi connectivity index (χ1v) is 5.74. The van der Waals surface area contributed by atoms with E-state index in [1.165, 1.54) is 12.3 Å². The van der Waals surface area contributed by atoms with E-state index >= 15 is 0 Å². The monoisotopic (exact) mass is 260 g/mol. The number of carbonyl (C=O) groups excluding carboxylic acids is 2. The molecule has 0 radical (unpaired) electrons. The van der Waals surface area contributed by atoms with Crippen molar-refractivity contribution in [1.29, 1.82) is 0 Å². The van der Waals surface area contributed by atoms with Crippen LogP contribution in [-0.2, 0) is 0 Å². The Bertz CT molecular complexity index is 667. The molecule has 1 aliphatic rings. The Morgan fingerprint density at radius 2 is 2.00 bits per heavy atom. The molecule has 6 nitrogen and oxygen atoms in total. The summed E-state index contributed by atoms with van der Waals surface area (Å²) in [6, 6.07) is 4.19. The summed E-state index contributed by atoms with van der Waals surface area (Å²) in [7, 11) is 0. The first-order chi connectivity index (χ1) is 8.59. The smallest absolute Gasteiger partial charge is 0.288 e. The first-order valence-electron chi connectivity index (χ1n) is 4.92. The molecule has 0 aromatic carbocycles. The van der Waals surface area contributed by atoms with Crippen LogP contribution in [0.2, 0.25) is 0 Å². The molecule has 0 fully saturated rings. The lowest BCUT2D eigenvalue weighted by Crippen LogP contribution is -2.19. The molecule has 0 aliphatic heterocycles. The molecule has 2 heterocycles. The molecule has 0 N–H and O–H groups in total. The van der Waals surface area contributed by atoms with Gasteiger partial charge in [0, 0.05) is 12.3 Å². The maximum Gasteiger partial charge on any atom is 0.325 e. The van der Waals surface area contributed by atoms with E-state index in [1.54, 1.807) is 6.07 Å². The molecule has 7 heteroatoms. The van der Waals surface area contributed by atoms with Crippen LogP contribution in [0.15, 0.2) is 24.4 Å². The van der Waals surface area contributed by atoms with Crippen LogP contribution in [0.4, 0.5) is 5.00 Å². The number of fused-ring (bicyclic) bond motifs is 2. The quantitative estimate of drug-likeness (QED) is 0.491. The summed E-state index contributed by atoms with van der Waals surface area (Å²) < 4.78 is 0. The van der Waals surface area contributed by atoms with Gasteiger partial charge in [0.25, 0.3) is 0 Å². The molecule has 0 spiro atoms. The van der Waals surface area contributed by atoms with Crippen molar-refractivity contribution < 1.29 is 14.5 Å². The Hall–Kier alpha value is -2.41. The molecule has 88 valence electrons. The molecule has 1 aliphatic carbocycles. The third kappa shape index (κ3) is 1.31. The highest BCUT2D eigenvalue weighted by atomic mass is 32.1. The van der Waals surface area contributed by atoms with Gasteiger partial charge in [-0.05, 0) is 12.1 Å². The molecule has 0 saturated carbocycles. The van der Waals surface area contributed by atoms with Crippen molar-refractivity contribution in [2.24, 2.45) is 0 Å².